The Labute approximate surface area is 167 Å². The number of amides is 2. The van der Waals surface area contributed by atoms with Gasteiger partial charge in [0.25, 0.3) is 11.8 Å². The smallest absolute Gasteiger partial charge is 0.268 e. The first-order valence-corrected chi connectivity index (χ1v) is 9.09. The molecule has 0 aliphatic carbocycles. The highest BCUT2D eigenvalue weighted by atomic mass is 35.5. The van der Waals surface area contributed by atoms with Crippen LogP contribution in [0.25, 0.3) is 5.57 Å². The van der Waals surface area contributed by atoms with Crippen LogP contribution in [0.3, 0.4) is 0 Å². The number of imide groups is 1. The Morgan fingerprint density at radius 3 is 2.00 bits per heavy atom. The lowest BCUT2D eigenvalue weighted by atomic mass is 9.87. The van der Waals surface area contributed by atoms with E-state index in [4.69, 9.17) is 34.8 Å². The van der Waals surface area contributed by atoms with Gasteiger partial charge < -0.3 is 0 Å². The Kier molecular flexibility index (Phi) is 4.91. The van der Waals surface area contributed by atoms with Gasteiger partial charge in [0.05, 0.1) is 16.3 Å². The van der Waals surface area contributed by atoms with Gasteiger partial charge in [0, 0.05) is 10.6 Å². The van der Waals surface area contributed by atoms with Crippen LogP contribution in [0.5, 0.6) is 0 Å². The molecular formula is C20H16Cl3NO2. The first-order chi connectivity index (χ1) is 12.1. The largest absolute Gasteiger partial charge is 0.277 e. The Morgan fingerprint density at radius 1 is 0.846 bits per heavy atom. The van der Waals surface area contributed by atoms with E-state index in [-0.39, 0.29) is 21.0 Å². The number of hydrogen-bond acceptors (Lipinski definition) is 2. The van der Waals surface area contributed by atoms with Gasteiger partial charge >= 0.3 is 0 Å². The van der Waals surface area contributed by atoms with Crippen molar-refractivity contribution in [1.29, 1.82) is 0 Å². The van der Waals surface area contributed by atoms with Crippen LogP contribution >= 0.6 is 34.8 Å². The van der Waals surface area contributed by atoms with E-state index in [9.17, 15) is 9.59 Å². The summed E-state index contributed by atoms with van der Waals surface area (Å²) in [7, 11) is 0. The first-order valence-electron chi connectivity index (χ1n) is 7.96. The summed E-state index contributed by atoms with van der Waals surface area (Å²) in [5, 5.41) is 0.540. The van der Waals surface area contributed by atoms with E-state index in [1.807, 2.05) is 12.1 Å². The van der Waals surface area contributed by atoms with Crippen LogP contribution in [-0.4, -0.2) is 11.8 Å². The van der Waals surface area contributed by atoms with Gasteiger partial charge in [0.1, 0.15) is 5.03 Å². The van der Waals surface area contributed by atoms with Crippen molar-refractivity contribution in [2.45, 2.75) is 26.2 Å². The lowest BCUT2D eigenvalue weighted by Gasteiger charge is -2.21. The molecule has 3 nitrogen and oxygen atoms in total. The van der Waals surface area contributed by atoms with Gasteiger partial charge in [0.2, 0.25) is 0 Å². The molecule has 0 atom stereocenters. The zero-order chi connectivity index (χ0) is 19.2. The number of carbonyl (C=O) groups is 2. The summed E-state index contributed by atoms with van der Waals surface area (Å²) < 4.78 is 0. The van der Waals surface area contributed by atoms with E-state index < -0.39 is 11.8 Å². The molecule has 0 radical (unpaired) electrons. The fourth-order valence-electron chi connectivity index (χ4n) is 2.77. The van der Waals surface area contributed by atoms with Crippen molar-refractivity contribution in [2.24, 2.45) is 0 Å². The van der Waals surface area contributed by atoms with Crippen LogP contribution in [0, 0.1) is 0 Å². The molecule has 1 aliphatic rings. The molecule has 0 spiro atoms. The molecule has 134 valence electrons. The quantitative estimate of drug-likeness (QED) is 0.588. The normalized spacial score (nSPS) is 15.2. The number of anilines is 1. The minimum Gasteiger partial charge on any atom is -0.268 e. The lowest BCUT2D eigenvalue weighted by Crippen LogP contribution is -2.31. The molecule has 0 fully saturated rings. The third kappa shape index (κ3) is 3.27. The topological polar surface area (TPSA) is 37.4 Å². The van der Waals surface area contributed by atoms with Crippen molar-refractivity contribution in [3.05, 3.63) is 68.7 Å². The molecule has 0 unspecified atom stereocenters. The zero-order valence-corrected chi connectivity index (χ0v) is 16.7. The summed E-state index contributed by atoms with van der Waals surface area (Å²) in [6.45, 7) is 6.27. The summed E-state index contributed by atoms with van der Waals surface area (Å²) in [5.74, 6) is -1.08. The van der Waals surface area contributed by atoms with Gasteiger partial charge in [-0.2, -0.15) is 0 Å². The SMILES string of the molecule is CC(C)(C)c1ccc(N2C(=O)C(Cl)=C(c3ccc(Cl)cc3Cl)C2=O)cc1. The van der Waals surface area contributed by atoms with Crippen LogP contribution < -0.4 is 4.90 Å². The average Bonchev–Trinajstić information content (AvgIpc) is 2.77. The Balaban J connectivity index is 2.01. The fraction of sp³-hybridized carbons (Fsp3) is 0.200. The fourth-order valence-corrected chi connectivity index (χ4v) is 3.54. The highest BCUT2D eigenvalue weighted by Gasteiger charge is 2.40. The Hall–Kier alpha value is -1.81. The van der Waals surface area contributed by atoms with Gasteiger partial charge in [0.15, 0.2) is 0 Å². The van der Waals surface area contributed by atoms with Crippen molar-refractivity contribution in [1.82, 2.24) is 0 Å². The van der Waals surface area contributed by atoms with Crippen molar-refractivity contribution in [3.63, 3.8) is 0 Å². The van der Waals surface area contributed by atoms with Gasteiger partial charge in [-0.05, 0) is 35.2 Å². The Bertz CT molecular complexity index is 941. The van der Waals surface area contributed by atoms with E-state index >= 15 is 0 Å². The molecule has 26 heavy (non-hydrogen) atoms. The maximum atomic E-state index is 12.9. The lowest BCUT2D eigenvalue weighted by molar-refractivity contribution is -0.119. The van der Waals surface area contributed by atoms with Crippen LogP contribution in [0.15, 0.2) is 47.5 Å². The van der Waals surface area contributed by atoms with Crippen LogP contribution in [-0.2, 0) is 15.0 Å². The van der Waals surface area contributed by atoms with E-state index in [1.165, 1.54) is 6.07 Å². The van der Waals surface area contributed by atoms with E-state index in [0.29, 0.717) is 16.3 Å². The molecule has 3 rings (SSSR count). The van der Waals surface area contributed by atoms with E-state index in [0.717, 1.165) is 10.5 Å². The standard InChI is InChI=1S/C20H16Cl3NO2/c1-20(2,3)11-4-7-13(8-5-11)24-18(25)16(17(23)19(24)26)14-9-6-12(21)10-15(14)22/h4-10H,1-3H3. The average molecular weight is 409 g/mol. The number of benzene rings is 2. The molecule has 1 aliphatic heterocycles. The van der Waals surface area contributed by atoms with Gasteiger partial charge in [-0.1, -0.05) is 73.8 Å². The van der Waals surface area contributed by atoms with Gasteiger partial charge in [-0.15, -0.1) is 0 Å². The second-order valence-electron chi connectivity index (χ2n) is 7.06. The summed E-state index contributed by atoms with van der Waals surface area (Å²) >= 11 is 18.3. The third-order valence-electron chi connectivity index (χ3n) is 4.22. The maximum absolute atomic E-state index is 12.9. The van der Waals surface area contributed by atoms with Crippen molar-refractivity contribution in [3.8, 4) is 0 Å². The van der Waals surface area contributed by atoms with Crippen LogP contribution in [0.2, 0.25) is 10.0 Å². The third-order valence-corrected chi connectivity index (χ3v) is 5.12. The molecule has 2 amide bonds. The molecular weight excluding hydrogens is 393 g/mol. The molecule has 6 heteroatoms. The molecule has 2 aromatic rings. The minimum atomic E-state index is -0.568. The molecule has 0 saturated carbocycles. The van der Waals surface area contributed by atoms with Crippen LogP contribution in [0.1, 0.15) is 31.9 Å². The highest BCUT2D eigenvalue weighted by Crippen LogP contribution is 2.38. The summed E-state index contributed by atoms with van der Waals surface area (Å²) in [5.41, 5.74) is 1.99. The number of halogens is 3. The maximum Gasteiger partial charge on any atom is 0.277 e. The Morgan fingerprint density at radius 2 is 1.46 bits per heavy atom. The first kappa shape index (κ1) is 19.0. The second-order valence-corrected chi connectivity index (χ2v) is 8.28. The van der Waals surface area contributed by atoms with E-state index in [2.05, 4.69) is 20.8 Å². The molecule has 2 aromatic carbocycles. The van der Waals surface area contributed by atoms with Crippen molar-refractivity contribution < 1.29 is 9.59 Å². The molecule has 0 N–H and O–H groups in total. The molecule has 0 aromatic heterocycles. The monoisotopic (exact) mass is 407 g/mol. The van der Waals surface area contributed by atoms with Crippen molar-refractivity contribution in [2.75, 3.05) is 4.90 Å². The number of rotatable bonds is 2. The molecule has 0 saturated heterocycles. The molecule has 0 bridgehead atoms. The molecule has 1 heterocycles. The highest BCUT2D eigenvalue weighted by molar-refractivity contribution is 6.60. The summed E-state index contributed by atoms with van der Waals surface area (Å²) in [6.07, 6.45) is 0. The minimum absolute atomic E-state index is 0.0323. The predicted octanol–water partition coefficient (Wildman–Crippen LogP) is 5.81. The summed E-state index contributed by atoms with van der Waals surface area (Å²) in [6, 6.07) is 12.0. The predicted molar refractivity (Wildman–Crippen MR) is 107 cm³/mol. The van der Waals surface area contributed by atoms with E-state index in [1.54, 1.807) is 24.3 Å². The summed E-state index contributed by atoms with van der Waals surface area (Å²) in [4.78, 5) is 26.6. The van der Waals surface area contributed by atoms with Crippen molar-refractivity contribution >= 4 is 57.9 Å². The number of hydrogen-bond donors (Lipinski definition) is 0. The van der Waals surface area contributed by atoms with Crippen LogP contribution in [0.4, 0.5) is 5.69 Å². The number of carbonyl (C=O) groups excluding carboxylic acids is 2. The number of nitrogens with zero attached hydrogens (tertiary/aromatic N) is 1. The second kappa shape index (κ2) is 6.73. The van der Waals surface area contributed by atoms with Gasteiger partial charge in [-0.3, -0.25) is 9.59 Å². The zero-order valence-electron chi connectivity index (χ0n) is 14.4. The van der Waals surface area contributed by atoms with Gasteiger partial charge in [-0.25, -0.2) is 4.90 Å².